The third-order valence-corrected chi connectivity index (χ3v) is 4.95. The molecule has 30 heavy (non-hydrogen) atoms. The number of aryl methyl sites for hydroxylation is 1. The van der Waals surface area contributed by atoms with Crippen LogP contribution < -0.4 is 10.9 Å². The Labute approximate surface area is 171 Å². The largest absolute Gasteiger partial charge is 0.350 e. The molecule has 4 rings (SSSR count). The van der Waals surface area contributed by atoms with Gasteiger partial charge in [-0.2, -0.15) is 5.10 Å². The maximum Gasteiger partial charge on any atom is 0.264 e. The molecule has 4 aromatic rings. The summed E-state index contributed by atoms with van der Waals surface area (Å²) in [6.45, 7) is 2.95. The molecule has 0 atom stereocenters. The molecule has 0 saturated carbocycles. The summed E-state index contributed by atoms with van der Waals surface area (Å²) in [6.07, 6.45) is 2.99. The summed E-state index contributed by atoms with van der Waals surface area (Å²) in [4.78, 5) is 29.3. The van der Waals surface area contributed by atoms with Crippen molar-refractivity contribution in [3.8, 4) is 0 Å². The third-order valence-electron chi connectivity index (χ3n) is 4.95. The van der Waals surface area contributed by atoms with Crippen LogP contribution in [0.3, 0.4) is 0 Å². The molecular formula is C22H20FN5O2. The van der Waals surface area contributed by atoms with Crippen LogP contribution in [0, 0.1) is 12.7 Å². The van der Waals surface area contributed by atoms with Gasteiger partial charge >= 0.3 is 0 Å². The molecule has 2 aromatic heterocycles. The molecule has 7 nitrogen and oxygen atoms in total. The number of hydrogen-bond donors (Lipinski definition) is 1. The predicted octanol–water partition coefficient (Wildman–Crippen LogP) is 2.52. The molecule has 0 spiro atoms. The monoisotopic (exact) mass is 405 g/mol. The highest BCUT2D eigenvalue weighted by molar-refractivity contribution is 5.94. The van der Waals surface area contributed by atoms with Crippen molar-refractivity contribution in [2.45, 2.75) is 20.0 Å². The molecule has 0 aliphatic carbocycles. The zero-order valence-electron chi connectivity index (χ0n) is 16.4. The van der Waals surface area contributed by atoms with E-state index < -0.39 is 11.7 Å². The highest BCUT2D eigenvalue weighted by atomic mass is 19.1. The lowest BCUT2D eigenvalue weighted by atomic mass is 10.1. The number of benzene rings is 2. The fraction of sp³-hybridized carbons (Fsp3) is 0.182. The zero-order chi connectivity index (χ0) is 21.1. The Morgan fingerprint density at radius 1 is 1.13 bits per heavy atom. The van der Waals surface area contributed by atoms with E-state index in [9.17, 15) is 14.0 Å². The molecule has 1 amide bonds. The summed E-state index contributed by atoms with van der Waals surface area (Å²) in [6, 6.07) is 13.7. The molecule has 0 unspecified atom stereocenters. The summed E-state index contributed by atoms with van der Waals surface area (Å²) < 4.78 is 16.8. The normalized spacial score (nSPS) is 11.0. The van der Waals surface area contributed by atoms with Crippen LogP contribution in [0.2, 0.25) is 0 Å². The predicted molar refractivity (Wildman–Crippen MR) is 111 cm³/mol. The molecule has 8 heteroatoms. The Balaban J connectivity index is 1.48. The molecule has 0 bridgehead atoms. The molecule has 0 radical (unpaired) electrons. The van der Waals surface area contributed by atoms with Crippen molar-refractivity contribution in [2.24, 2.45) is 0 Å². The minimum absolute atomic E-state index is 0.0139. The second kappa shape index (κ2) is 8.28. The van der Waals surface area contributed by atoms with E-state index in [1.54, 1.807) is 15.3 Å². The van der Waals surface area contributed by atoms with E-state index in [1.807, 2.05) is 31.2 Å². The van der Waals surface area contributed by atoms with E-state index in [1.165, 1.54) is 30.7 Å². The highest BCUT2D eigenvalue weighted by Gasteiger charge is 2.13. The number of carbonyl (C=O) groups excluding carboxylic acids is 1. The van der Waals surface area contributed by atoms with Gasteiger partial charge in [-0.1, -0.05) is 36.4 Å². The summed E-state index contributed by atoms with van der Waals surface area (Å²) in [5, 5.41) is 7.29. The lowest BCUT2D eigenvalue weighted by molar-refractivity contribution is 0.0948. The van der Waals surface area contributed by atoms with Gasteiger partial charge in [-0.3, -0.25) is 14.2 Å². The topological polar surface area (TPSA) is 81.8 Å². The Morgan fingerprint density at radius 2 is 1.90 bits per heavy atom. The van der Waals surface area contributed by atoms with Gasteiger partial charge < -0.3 is 5.32 Å². The van der Waals surface area contributed by atoms with Gasteiger partial charge in [0.1, 0.15) is 17.5 Å². The van der Waals surface area contributed by atoms with E-state index in [-0.39, 0.29) is 17.7 Å². The molecular weight excluding hydrogens is 385 g/mol. The number of nitrogens with zero attached hydrogens (tertiary/aromatic N) is 4. The lowest BCUT2D eigenvalue weighted by Crippen LogP contribution is -2.28. The van der Waals surface area contributed by atoms with Gasteiger partial charge in [0.2, 0.25) is 0 Å². The van der Waals surface area contributed by atoms with E-state index in [2.05, 4.69) is 15.4 Å². The molecule has 2 heterocycles. The quantitative estimate of drug-likeness (QED) is 0.534. The van der Waals surface area contributed by atoms with Crippen molar-refractivity contribution < 1.29 is 9.18 Å². The number of carbonyl (C=O) groups is 1. The Kier molecular flexibility index (Phi) is 5.38. The van der Waals surface area contributed by atoms with Crippen LogP contribution in [-0.2, 0) is 13.1 Å². The van der Waals surface area contributed by atoms with Gasteiger partial charge in [0.15, 0.2) is 5.65 Å². The van der Waals surface area contributed by atoms with Crippen LogP contribution in [0.15, 0.2) is 65.8 Å². The third kappa shape index (κ3) is 3.84. The number of halogens is 1. The van der Waals surface area contributed by atoms with Crippen molar-refractivity contribution in [1.29, 1.82) is 0 Å². The lowest BCUT2D eigenvalue weighted by Gasteiger charge is -2.09. The summed E-state index contributed by atoms with van der Waals surface area (Å²) in [7, 11) is 0. The van der Waals surface area contributed by atoms with E-state index >= 15 is 0 Å². The fourth-order valence-corrected chi connectivity index (χ4v) is 3.26. The first-order valence-electron chi connectivity index (χ1n) is 9.53. The van der Waals surface area contributed by atoms with Crippen molar-refractivity contribution in [2.75, 3.05) is 6.54 Å². The molecule has 0 fully saturated rings. The van der Waals surface area contributed by atoms with Crippen LogP contribution in [0.25, 0.3) is 11.0 Å². The minimum Gasteiger partial charge on any atom is -0.350 e. The van der Waals surface area contributed by atoms with Gasteiger partial charge in [-0.25, -0.2) is 14.1 Å². The van der Waals surface area contributed by atoms with Crippen LogP contribution in [0.5, 0.6) is 0 Å². The van der Waals surface area contributed by atoms with E-state index in [4.69, 9.17) is 0 Å². The molecule has 2 aromatic carbocycles. The summed E-state index contributed by atoms with van der Waals surface area (Å²) in [5.74, 6) is -1.08. The summed E-state index contributed by atoms with van der Waals surface area (Å²) in [5.41, 5.74) is 2.40. The van der Waals surface area contributed by atoms with Gasteiger partial charge in [-0.05, 0) is 30.2 Å². The first-order chi connectivity index (χ1) is 14.5. The Morgan fingerprint density at radius 3 is 2.70 bits per heavy atom. The average molecular weight is 405 g/mol. The second-order valence-electron chi connectivity index (χ2n) is 6.94. The van der Waals surface area contributed by atoms with Crippen molar-refractivity contribution in [3.63, 3.8) is 0 Å². The van der Waals surface area contributed by atoms with Crippen LogP contribution >= 0.6 is 0 Å². The summed E-state index contributed by atoms with van der Waals surface area (Å²) >= 11 is 0. The molecule has 0 aliphatic rings. The van der Waals surface area contributed by atoms with Gasteiger partial charge in [0, 0.05) is 6.54 Å². The van der Waals surface area contributed by atoms with E-state index in [0.29, 0.717) is 24.1 Å². The molecule has 152 valence electrons. The average Bonchev–Trinajstić information content (AvgIpc) is 3.15. The smallest absolute Gasteiger partial charge is 0.264 e. The number of amides is 1. The second-order valence-corrected chi connectivity index (χ2v) is 6.94. The van der Waals surface area contributed by atoms with Gasteiger partial charge in [-0.15, -0.1) is 0 Å². The van der Waals surface area contributed by atoms with Gasteiger partial charge in [0.05, 0.1) is 24.8 Å². The Hall–Kier alpha value is -3.81. The van der Waals surface area contributed by atoms with Crippen molar-refractivity contribution in [1.82, 2.24) is 24.6 Å². The minimum atomic E-state index is -0.574. The molecule has 0 saturated heterocycles. The SMILES string of the molecule is Cc1ccccc1Cn1cnc2c(cnn2CCNC(=O)c2ccccc2F)c1=O. The highest BCUT2D eigenvalue weighted by Crippen LogP contribution is 2.10. The van der Waals surface area contributed by atoms with Crippen molar-refractivity contribution in [3.05, 3.63) is 93.9 Å². The number of fused-ring (bicyclic) bond motifs is 1. The number of rotatable bonds is 6. The molecule has 0 aliphatic heterocycles. The van der Waals surface area contributed by atoms with Crippen LogP contribution in [-0.4, -0.2) is 31.8 Å². The Bertz CT molecular complexity index is 1280. The van der Waals surface area contributed by atoms with Crippen LogP contribution in [0.1, 0.15) is 21.5 Å². The number of aromatic nitrogens is 4. The molecule has 1 N–H and O–H groups in total. The van der Waals surface area contributed by atoms with E-state index in [0.717, 1.165) is 11.1 Å². The van der Waals surface area contributed by atoms with Crippen LogP contribution in [0.4, 0.5) is 4.39 Å². The standard InChI is InChI=1S/C22H20FN5O2/c1-15-6-2-3-7-16(15)13-27-14-25-20-18(22(27)30)12-26-28(20)11-10-24-21(29)17-8-4-5-9-19(17)23/h2-9,12,14H,10-11,13H2,1H3,(H,24,29). The number of hydrogen-bond acceptors (Lipinski definition) is 4. The zero-order valence-corrected chi connectivity index (χ0v) is 16.4. The van der Waals surface area contributed by atoms with Gasteiger partial charge in [0.25, 0.3) is 11.5 Å². The first-order valence-corrected chi connectivity index (χ1v) is 9.53. The first kappa shape index (κ1) is 19.5. The number of nitrogens with one attached hydrogen (secondary N) is 1. The fourth-order valence-electron chi connectivity index (χ4n) is 3.26. The van der Waals surface area contributed by atoms with Crippen molar-refractivity contribution >= 4 is 16.9 Å². The maximum atomic E-state index is 13.7. The maximum absolute atomic E-state index is 13.7.